The van der Waals surface area contributed by atoms with Gasteiger partial charge >= 0.3 is 0 Å². The molecule has 0 spiro atoms. The lowest BCUT2D eigenvalue weighted by Gasteiger charge is -2.14. The molecule has 6 nitrogen and oxygen atoms in total. The second kappa shape index (κ2) is 11.7. The summed E-state index contributed by atoms with van der Waals surface area (Å²) in [5.41, 5.74) is 2.94. The van der Waals surface area contributed by atoms with Crippen LogP contribution in [0.5, 0.6) is 5.75 Å². The van der Waals surface area contributed by atoms with Crippen LogP contribution < -0.4 is 10.0 Å². The molecule has 2 heterocycles. The number of nitrogens with zero attached hydrogens (tertiary/aromatic N) is 3. The lowest BCUT2D eigenvalue weighted by atomic mass is 10.1. The van der Waals surface area contributed by atoms with Crippen LogP contribution in [0, 0.1) is 0 Å². The first kappa shape index (κ1) is 22.3. The molecule has 0 amide bonds. The molecular formula is C25H29N5OS. The van der Waals surface area contributed by atoms with E-state index in [9.17, 15) is 5.11 Å². The van der Waals surface area contributed by atoms with Crippen LogP contribution in [0.4, 0.5) is 5.69 Å². The average Bonchev–Trinajstić information content (AvgIpc) is 3.23. The fourth-order valence-electron chi connectivity index (χ4n) is 3.55. The van der Waals surface area contributed by atoms with E-state index >= 15 is 0 Å². The maximum Gasteiger partial charge on any atom is 0.226 e. The van der Waals surface area contributed by atoms with Crippen LogP contribution >= 0.6 is 11.9 Å². The second-order valence-corrected chi connectivity index (χ2v) is 8.76. The Balaban J connectivity index is 1.26. The van der Waals surface area contributed by atoms with Crippen LogP contribution in [0.3, 0.4) is 0 Å². The van der Waals surface area contributed by atoms with E-state index in [2.05, 4.69) is 37.1 Å². The number of anilines is 1. The van der Waals surface area contributed by atoms with Crippen LogP contribution in [-0.4, -0.2) is 48.4 Å². The molecule has 32 heavy (non-hydrogen) atoms. The fourth-order valence-corrected chi connectivity index (χ4v) is 4.19. The third-order valence-electron chi connectivity index (χ3n) is 5.28. The standard InChI is InChI=1S/C25H29N5OS/c31-23-5-3-4-20(18-23)6-7-21-12-13-26-25(27-19-21)29-22-8-10-24(11-9-22)32-28-14-17-30-15-1-2-16-30/h3-11,13,18-19,28,31H,1-2,12,14-17H2,(H,27,29)/b7-6+. The van der Waals surface area contributed by atoms with E-state index in [1.165, 1.54) is 30.8 Å². The summed E-state index contributed by atoms with van der Waals surface area (Å²) in [6.45, 7) is 4.58. The number of allylic oxidation sites excluding steroid dienone is 2. The van der Waals surface area contributed by atoms with E-state index in [1.807, 2.05) is 48.8 Å². The largest absolute Gasteiger partial charge is 0.508 e. The topological polar surface area (TPSA) is 72.2 Å². The van der Waals surface area contributed by atoms with Crippen molar-refractivity contribution < 1.29 is 5.11 Å². The minimum Gasteiger partial charge on any atom is -0.508 e. The minimum absolute atomic E-state index is 0.260. The number of rotatable bonds is 8. The summed E-state index contributed by atoms with van der Waals surface area (Å²) in [6.07, 6.45) is 11.0. The molecule has 166 valence electrons. The van der Waals surface area contributed by atoms with Crippen molar-refractivity contribution in [3.05, 3.63) is 71.9 Å². The molecule has 0 aliphatic carbocycles. The number of nitrogens with one attached hydrogen (secondary N) is 2. The Morgan fingerprint density at radius 3 is 2.72 bits per heavy atom. The van der Waals surface area contributed by atoms with Crippen molar-refractivity contribution in [3.8, 4) is 5.75 Å². The first-order chi connectivity index (χ1) is 15.7. The van der Waals surface area contributed by atoms with E-state index in [0.29, 0.717) is 12.4 Å². The van der Waals surface area contributed by atoms with Crippen molar-refractivity contribution >= 4 is 35.9 Å². The molecule has 2 aromatic rings. The molecule has 2 aromatic carbocycles. The maximum atomic E-state index is 9.58. The molecule has 0 bridgehead atoms. The number of aromatic hydroxyl groups is 1. The smallest absolute Gasteiger partial charge is 0.226 e. The van der Waals surface area contributed by atoms with E-state index in [-0.39, 0.29) is 5.75 Å². The predicted octanol–water partition coefficient (Wildman–Crippen LogP) is 4.92. The highest BCUT2D eigenvalue weighted by molar-refractivity contribution is 7.97. The second-order valence-electron chi connectivity index (χ2n) is 7.80. The number of likely N-dealkylation sites (tertiary alicyclic amines) is 1. The third-order valence-corrected chi connectivity index (χ3v) is 6.14. The number of guanidine groups is 1. The zero-order valence-corrected chi connectivity index (χ0v) is 18.9. The highest BCUT2D eigenvalue weighted by Crippen LogP contribution is 2.19. The van der Waals surface area contributed by atoms with Gasteiger partial charge in [-0.25, -0.2) is 9.98 Å². The molecule has 0 atom stereocenters. The van der Waals surface area contributed by atoms with Crippen molar-refractivity contribution in [1.82, 2.24) is 9.62 Å². The van der Waals surface area contributed by atoms with Gasteiger partial charge in [-0.2, -0.15) is 0 Å². The summed E-state index contributed by atoms with van der Waals surface area (Å²) in [5.74, 6) is 0.824. The molecule has 0 saturated carbocycles. The third kappa shape index (κ3) is 7.09. The van der Waals surface area contributed by atoms with Gasteiger partial charge in [0.15, 0.2) is 0 Å². The fraction of sp³-hybridized carbons (Fsp3) is 0.280. The van der Waals surface area contributed by atoms with Crippen LogP contribution in [-0.2, 0) is 0 Å². The quantitative estimate of drug-likeness (QED) is 0.396. The van der Waals surface area contributed by atoms with Crippen LogP contribution in [0.1, 0.15) is 24.8 Å². The molecule has 1 fully saturated rings. The van der Waals surface area contributed by atoms with Crippen molar-refractivity contribution in [1.29, 1.82) is 0 Å². The SMILES string of the molecule is Oc1cccc(/C=C/C2=CN=C(Nc3ccc(SNCCN4CCCC4)cc3)N=CC2)c1. The summed E-state index contributed by atoms with van der Waals surface area (Å²) in [5, 5.41) is 12.8. The van der Waals surface area contributed by atoms with E-state index in [0.717, 1.165) is 29.9 Å². The summed E-state index contributed by atoms with van der Waals surface area (Å²) >= 11 is 1.67. The van der Waals surface area contributed by atoms with Gasteiger partial charge in [0.2, 0.25) is 5.96 Å². The number of hydrogen-bond acceptors (Lipinski definition) is 7. The Kier molecular flexibility index (Phi) is 8.14. The van der Waals surface area contributed by atoms with Gasteiger partial charge in [0.25, 0.3) is 0 Å². The summed E-state index contributed by atoms with van der Waals surface area (Å²) in [4.78, 5) is 12.6. The Bertz CT molecular complexity index is 1010. The van der Waals surface area contributed by atoms with Gasteiger partial charge in [0, 0.05) is 42.5 Å². The zero-order chi connectivity index (χ0) is 22.0. The molecule has 1 saturated heterocycles. The minimum atomic E-state index is 0.260. The monoisotopic (exact) mass is 447 g/mol. The molecule has 2 aliphatic rings. The van der Waals surface area contributed by atoms with Gasteiger partial charge in [-0.3, -0.25) is 4.72 Å². The number of phenols is 1. The van der Waals surface area contributed by atoms with E-state index < -0.39 is 0 Å². The maximum absolute atomic E-state index is 9.58. The normalized spacial score (nSPS) is 16.8. The molecule has 2 aliphatic heterocycles. The summed E-state index contributed by atoms with van der Waals surface area (Å²) < 4.78 is 3.45. The predicted molar refractivity (Wildman–Crippen MR) is 135 cm³/mol. The molecule has 0 radical (unpaired) electrons. The van der Waals surface area contributed by atoms with E-state index in [1.54, 1.807) is 24.1 Å². The van der Waals surface area contributed by atoms with Crippen molar-refractivity contribution in [2.24, 2.45) is 9.98 Å². The average molecular weight is 448 g/mol. The Hall–Kier alpha value is -2.87. The first-order valence-electron chi connectivity index (χ1n) is 11.0. The molecular weight excluding hydrogens is 418 g/mol. The van der Waals surface area contributed by atoms with Crippen LogP contribution in [0.25, 0.3) is 6.08 Å². The Labute approximate surface area is 194 Å². The highest BCUT2D eigenvalue weighted by Gasteiger charge is 2.10. The van der Waals surface area contributed by atoms with Crippen LogP contribution in [0.15, 0.2) is 81.3 Å². The summed E-state index contributed by atoms with van der Waals surface area (Å²) in [7, 11) is 0. The van der Waals surface area contributed by atoms with Gasteiger partial charge in [-0.05, 0) is 85.4 Å². The number of benzene rings is 2. The lowest BCUT2D eigenvalue weighted by Crippen LogP contribution is -2.27. The number of aliphatic imine (C=N–C) groups is 2. The Morgan fingerprint density at radius 2 is 1.91 bits per heavy atom. The molecule has 7 heteroatoms. The number of phenolic OH excluding ortho intramolecular Hbond substituents is 1. The van der Waals surface area contributed by atoms with E-state index in [4.69, 9.17) is 0 Å². The van der Waals surface area contributed by atoms with Crippen molar-refractivity contribution in [2.75, 3.05) is 31.5 Å². The summed E-state index contributed by atoms with van der Waals surface area (Å²) in [6, 6.07) is 15.4. The first-order valence-corrected chi connectivity index (χ1v) is 11.8. The van der Waals surface area contributed by atoms with Gasteiger partial charge in [-0.1, -0.05) is 24.3 Å². The molecule has 3 N–H and O–H groups in total. The number of hydrogen-bond donors (Lipinski definition) is 3. The molecule has 0 unspecified atom stereocenters. The lowest BCUT2D eigenvalue weighted by molar-refractivity contribution is 0.345. The van der Waals surface area contributed by atoms with Crippen molar-refractivity contribution in [2.45, 2.75) is 24.2 Å². The van der Waals surface area contributed by atoms with Gasteiger partial charge in [0.1, 0.15) is 5.75 Å². The van der Waals surface area contributed by atoms with Gasteiger partial charge in [0.05, 0.1) is 0 Å². The van der Waals surface area contributed by atoms with Gasteiger partial charge < -0.3 is 15.3 Å². The zero-order valence-electron chi connectivity index (χ0n) is 18.1. The van der Waals surface area contributed by atoms with Crippen LogP contribution in [0.2, 0.25) is 0 Å². The Morgan fingerprint density at radius 1 is 1.06 bits per heavy atom. The molecule has 4 rings (SSSR count). The highest BCUT2D eigenvalue weighted by atomic mass is 32.2. The van der Waals surface area contributed by atoms with Crippen molar-refractivity contribution in [3.63, 3.8) is 0 Å². The van der Waals surface area contributed by atoms with Gasteiger partial charge in [-0.15, -0.1) is 0 Å². The molecule has 0 aromatic heterocycles.